The van der Waals surface area contributed by atoms with E-state index in [0.717, 1.165) is 0 Å². The van der Waals surface area contributed by atoms with E-state index >= 15 is 0 Å². The summed E-state index contributed by atoms with van der Waals surface area (Å²) in [6, 6.07) is 0. The minimum absolute atomic E-state index is 0.0268. The average Bonchev–Trinajstić information content (AvgIpc) is 3.15. The lowest BCUT2D eigenvalue weighted by molar-refractivity contribution is 0.0396. The predicted octanol–water partition coefficient (Wildman–Crippen LogP) is 2.90. The maximum absolute atomic E-state index is 12.7. The third kappa shape index (κ3) is 4.35. The molecule has 0 amide bonds. The number of rotatable bonds is 8. The van der Waals surface area contributed by atoms with E-state index in [1.807, 2.05) is 6.92 Å². The summed E-state index contributed by atoms with van der Waals surface area (Å²) in [6.45, 7) is 7.42. The van der Waals surface area contributed by atoms with Crippen LogP contribution >= 0.6 is 19.4 Å². The molecule has 1 fully saturated rings. The van der Waals surface area contributed by atoms with Crippen molar-refractivity contribution in [3.05, 3.63) is 6.33 Å². The van der Waals surface area contributed by atoms with Gasteiger partial charge in [0.05, 0.1) is 25.6 Å². The van der Waals surface area contributed by atoms with E-state index in [-0.39, 0.29) is 24.5 Å². The van der Waals surface area contributed by atoms with Gasteiger partial charge in [0.1, 0.15) is 11.0 Å². The molecule has 13 heteroatoms. The Hall–Kier alpha value is -1.49. The summed E-state index contributed by atoms with van der Waals surface area (Å²) in [5.74, 6) is 0.295. The Morgan fingerprint density at radius 2 is 2.21 bits per heavy atom. The molecule has 4 atom stereocenters. The number of phosphoric acid groups is 1. The van der Waals surface area contributed by atoms with Gasteiger partial charge >= 0.3 is 7.82 Å². The Balaban J connectivity index is 1.92. The van der Waals surface area contributed by atoms with Crippen LogP contribution in [0.5, 0.6) is 5.88 Å². The lowest BCUT2D eigenvalue weighted by Gasteiger charge is -2.30. The van der Waals surface area contributed by atoms with Crippen LogP contribution in [-0.2, 0) is 22.9 Å². The molecule has 3 heterocycles. The van der Waals surface area contributed by atoms with Gasteiger partial charge in [-0.3, -0.25) is 18.1 Å². The van der Waals surface area contributed by atoms with E-state index in [2.05, 4.69) is 15.0 Å². The SMILES string of the molecule is CCOc1nc(N)nc2c1ncn2[C@@H]1OC[C@@H](O[P@@](=O)(OC)OC(C)C)[C@@]1(C)Cl. The number of ether oxygens (including phenoxy) is 2. The van der Waals surface area contributed by atoms with E-state index < -0.39 is 25.0 Å². The normalized spacial score (nSPS) is 26.9. The number of fused-ring (bicyclic) bond motifs is 1. The maximum Gasteiger partial charge on any atom is 0.475 e. The fraction of sp³-hybridized carbons (Fsp3) is 0.688. The van der Waals surface area contributed by atoms with E-state index in [1.54, 1.807) is 25.3 Å². The molecule has 3 rings (SSSR count). The molecular weight excluding hydrogens is 425 g/mol. The van der Waals surface area contributed by atoms with Crippen molar-refractivity contribution in [1.82, 2.24) is 19.5 Å². The summed E-state index contributed by atoms with van der Waals surface area (Å²) in [7, 11) is -2.57. The van der Waals surface area contributed by atoms with Crippen molar-refractivity contribution in [2.45, 2.75) is 51.0 Å². The van der Waals surface area contributed by atoms with Gasteiger partial charge in [-0.15, -0.1) is 11.6 Å². The Kier molecular flexibility index (Phi) is 6.38. The van der Waals surface area contributed by atoms with Crippen LogP contribution in [0.4, 0.5) is 5.95 Å². The number of halogens is 1. The number of nitrogens with zero attached hydrogens (tertiary/aromatic N) is 4. The number of hydrogen-bond acceptors (Lipinski definition) is 10. The molecule has 0 aliphatic carbocycles. The van der Waals surface area contributed by atoms with Crippen LogP contribution in [0.3, 0.4) is 0 Å². The number of aromatic nitrogens is 4. The molecule has 0 unspecified atom stereocenters. The van der Waals surface area contributed by atoms with Crippen molar-refractivity contribution in [3.8, 4) is 5.88 Å². The minimum atomic E-state index is -3.82. The molecule has 0 radical (unpaired) electrons. The lowest BCUT2D eigenvalue weighted by atomic mass is 10.1. The van der Waals surface area contributed by atoms with Gasteiger partial charge in [-0.25, -0.2) is 9.55 Å². The second-order valence-electron chi connectivity index (χ2n) is 6.86. The van der Waals surface area contributed by atoms with Gasteiger partial charge in [0, 0.05) is 7.11 Å². The van der Waals surface area contributed by atoms with E-state index in [1.165, 1.54) is 13.4 Å². The first kappa shape index (κ1) is 22.2. The summed E-state index contributed by atoms with van der Waals surface area (Å²) in [5, 5.41) is 0. The zero-order valence-corrected chi connectivity index (χ0v) is 18.5. The van der Waals surface area contributed by atoms with Gasteiger partial charge in [-0.1, -0.05) is 0 Å². The summed E-state index contributed by atoms with van der Waals surface area (Å²) in [5.41, 5.74) is 6.63. The molecule has 11 nitrogen and oxygen atoms in total. The molecule has 1 aliphatic heterocycles. The molecule has 162 valence electrons. The van der Waals surface area contributed by atoms with Crippen LogP contribution in [0.15, 0.2) is 6.33 Å². The molecule has 2 N–H and O–H groups in total. The Morgan fingerprint density at radius 3 is 2.83 bits per heavy atom. The monoisotopic (exact) mass is 449 g/mol. The van der Waals surface area contributed by atoms with Gasteiger partial charge in [0.15, 0.2) is 17.4 Å². The number of imidazole rings is 1. The molecule has 1 saturated heterocycles. The first-order chi connectivity index (χ1) is 13.6. The predicted molar refractivity (Wildman–Crippen MR) is 106 cm³/mol. The zero-order valence-electron chi connectivity index (χ0n) is 16.9. The maximum atomic E-state index is 12.7. The molecule has 0 bridgehead atoms. The highest BCUT2D eigenvalue weighted by atomic mass is 35.5. The fourth-order valence-corrected chi connectivity index (χ4v) is 4.66. The van der Waals surface area contributed by atoms with Crippen molar-refractivity contribution in [3.63, 3.8) is 0 Å². The molecule has 1 aliphatic rings. The first-order valence-electron chi connectivity index (χ1n) is 9.07. The van der Waals surface area contributed by atoms with Crippen molar-refractivity contribution in [2.24, 2.45) is 0 Å². The van der Waals surface area contributed by atoms with E-state index in [4.69, 9.17) is 40.4 Å². The van der Waals surface area contributed by atoms with Crippen LogP contribution in [0.25, 0.3) is 11.2 Å². The topological polar surface area (TPSA) is 133 Å². The van der Waals surface area contributed by atoms with Crippen molar-refractivity contribution in [1.29, 1.82) is 0 Å². The smallest absolute Gasteiger partial charge is 0.475 e. The summed E-state index contributed by atoms with van der Waals surface area (Å²) >= 11 is 6.80. The van der Waals surface area contributed by atoms with Crippen molar-refractivity contribution >= 4 is 36.5 Å². The molecular formula is C16H25ClN5O6P. The van der Waals surface area contributed by atoms with Gasteiger partial charge in [-0.05, 0) is 27.7 Å². The van der Waals surface area contributed by atoms with Crippen LogP contribution < -0.4 is 10.5 Å². The second-order valence-corrected chi connectivity index (χ2v) is 9.35. The van der Waals surface area contributed by atoms with Gasteiger partial charge in [-0.2, -0.15) is 9.97 Å². The molecule has 2 aromatic rings. The third-order valence-corrected chi connectivity index (χ3v) is 6.35. The van der Waals surface area contributed by atoms with Crippen LogP contribution in [-0.4, -0.2) is 56.9 Å². The highest BCUT2D eigenvalue weighted by Gasteiger charge is 2.52. The van der Waals surface area contributed by atoms with Gasteiger partial charge in [0.25, 0.3) is 0 Å². The number of nitrogen functional groups attached to an aromatic ring is 1. The zero-order chi connectivity index (χ0) is 21.4. The fourth-order valence-electron chi connectivity index (χ4n) is 2.99. The van der Waals surface area contributed by atoms with Crippen molar-refractivity contribution < 1.29 is 27.6 Å². The highest BCUT2D eigenvalue weighted by Crippen LogP contribution is 2.55. The molecule has 0 saturated carbocycles. The quantitative estimate of drug-likeness (QED) is 0.473. The van der Waals surface area contributed by atoms with Crippen LogP contribution in [0.2, 0.25) is 0 Å². The molecule has 29 heavy (non-hydrogen) atoms. The van der Waals surface area contributed by atoms with E-state index in [9.17, 15) is 4.57 Å². The third-order valence-electron chi connectivity index (χ3n) is 4.28. The Bertz CT molecular complexity index is 923. The number of anilines is 1. The summed E-state index contributed by atoms with van der Waals surface area (Å²) < 4.78 is 41.7. The highest BCUT2D eigenvalue weighted by molar-refractivity contribution is 7.48. The number of hydrogen-bond donors (Lipinski definition) is 1. The van der Waals surface area contributed by atoms with Gasteiger partial charge in [0.2, 0.25) is 11.8 Å². The summed E-state index contributed by atoms with van der Waals surface area (Å²) in [6.07, 6.45) is -0.390. The number of phosphoric ester groups is 1. The summed E-state index contributed by atoms with van der Waals surface area (Å²) in [4.78, 5) is 11.5. The number of nitrogens with two attached hydrogens (primary N) is 1. The average molecular weight is 450 g/mol. The molecule has 2 aromatic heterocycles. The van der Waals surface area contributed by atoms with E-state index in [0.29, 0.717) is 17.8 Å². The first-order valence-corrected chi connectivity index (χ1v) is 10.9. The standard InChI is InChI=1S/C16H25ClN5O6P/c1-6-25-13-11-12(20-15(18)21-13)22(8-19-11)14-16(4,17)10(7-26-14)28-29(23,24-5)27-9(2)3/h8-10,14H,6-7H2,1-5H3,(H2,18,20,21)/t10-,14-,16-,29+/m1/s1. The largest absolute Gasteiger partial charge is 0.476 e. The molecule has 0 spiro atoms. The Morgan fingerprint density at radius 1 is 1.48 bits per heavy atom. The number of alkyl halides is 1. The van der Waals surface area contributed by atoms with Crippen molar-refractivity contribution in [2.75, 3.05) is 26.1 Å². The second kappa shape index (κ2) is 8.33. The van der Waals surface area contributed by atoms with Crippen LogP contribution in [0, 0.1) is 0 Å². The molecule has 0 aromatic carbocycles. The van der Waals surface area contributed by atoms with Crippen LogP contribution in [0.1, 0.15) is 33.9 Å². The Labute approximate surface area is 173 Å². The van der Waals surface area contributed by atoms with Gasteiger partial charge < -0.3 is 15.2 Å². The minimum Gasteiger partial charge on any atom is -0.476 e. The lowest BCUT2D eigenvalue weighted by Crippen LogP contribution is -2.38.